The van der Waals surface area contributed by atoms with E-state index >= 15 is 0 Å². The van der Waals surface area contributed by atoms with E-state index in [1.165, 1.54) is 17.6 Å². The number of rotatable bonds is 5. The van der Waals surface area contributed by atoms with Gasteiger partial charge in [-0.05, 0) is 25.0 Å². The van der Waals surface area contributed by atoms with Crippen LogP contribution >= 0.6 is 24.8 Å². The van der Waals surface area contributed by atoms with Crippen LogP contribution in [0, 0.1) is 0 Å². The van der Waals surface area contributed by atoms with Crippen LogP contribution in [0.2, 0.25) is 0 Å². The van der Waals surface area contributed by atoms with E-state index in [1.54, 1.807) is 30.9 Å². The molecule has 3 heterocycles. The quantitative estimate of drug-likeness (QED) is 0.385. The highest BCUT2D eigenvalue weighted by Crippen LogP contribution is 2.18. The molecule has 0 saturated carbocycles. The summed E-state index contributed by atoms with van der Waals surface area (Å²) in [6.45, 7) is 1.73. The van der Waals surface area contributed by atoms with Crippen molar-refractivity contribution in [3.8, 4) is 0 Å². The summed E-state index contributed by atoms with van der Waals surface area (Å²) in [5.41, 5.74) is 2.04. The van der Waals surface area contributed by atoms with Crippen molar-refractivity contribution in [2.45, 2.75) is 18.9 Å². The number of anilines is 2. The molecule has 0 unspecified atom stereocenters. The minimum absolute atomic E-state index is 0. The summed E-state index contributed by atoms with van der Waals surface area (Å²) >= 11 is 0. The predicted octanol–water partition coefficient (Wildman–Crippen LogP) is 1.71. The number of hydrogen-bond acceptors (Lipinski definition) is 8. The number of carbonyl (C=O) groups is 1. The molecule has 1 fully saturated rings. The van der Waals surface area contributed by atoms with E-state index in [0.29, 0.717) is 11.5 Å². The molecule has 0 bridgehead atoms. The average Bonchev–Trinajstić information content (AvgIpc) is 2.68. The summed E-state index contributed by atoms with van der Waals surface area (Å²) in [6, 6.07) is 2.03. The van der Waals surface area contributed by atoms with Gasteiger partial charge in [-0.1, -0.05) is 0 Å². The number of hydrogen-bond donors (Lipinski definition) is 3. The second kappa shape index (κ2) is 11.3. The van der Waals surface area contributed by atoms with Crippen LogP contribution in [0.3, 0.4) is 0 Å². The SMILES string of the molecule is Cl.Cl.O=C(/C=C/c1cnc(N[C@@H]2CCCN(c3ncccn3)C2)cn1)NO. The summed E-state index contributed by atoms with van der Waals surface area (Å²) in [6.07, 6.45) is 11.4. The molecule has 1 aliphatic heterocycles. The molecule has 3 rings (SSSR count). The van der Waals surface area contributed by atoms with E-state index in [4.69, 9.17) is 5.21 Å². The van der Waals surface area contributed by atoms with Crippen LogP contribution in [0.5, 0.6) is 0 Å². The highest BCUT2D eigenvalue weighted by Gasteiger charge is 2.21. The molecule has 1 aliphatic rings. The molecule has 146 valence electrons. The smallest absolute Gasteiger partial charge is 0.267 e. The molecule has 9 nitrogen and oxygen atoms in total. The molecule has 0 aliphatic carbocycles. The Morgan fingerprint density at radius 2 is 1.96 bits per heavy atom. The maximum Gasteiger partial charge on any atom is 0.267 e. The molecule has 0 aromatic carbocycles. The number of halogens is 2. The van der Waals surface area contributed by atoms with Gasteiger partial charge in [0.15, 0.2) is 0 Å². The molecule has 2 aromatic heterocycles. The van der Waals surface area contributed by atoms with Crippen LogP contribution in [0.1, 0.15) is 18.5 Å². The second-order valence-electron chi connectivity index (χ2n) is 5.61. The van der Waals surface area contributed by atoms with Gasteiger partial charge in [0.2, 0.25) is 5.95 Å². The molecule has 0 radical (unpaired) electrons. The Kier molecular flexibility index (Phi) is 9.41. The molecule has 2 aromatic rings. The molecule has 11 heteroatoms. The minimum Gasteiger partial charge on any atom is -0.364 e. The van der Waals surface area contributed by atoms with Gasteiger partial charge >= 0.3 is 0 Å². The van der Waals surface area contributed by atoms with Crippen molar-refractivity contribution in [1.29, 1.82) is 0 Å². The first kappa shape index (κ1) is 22.6. The topological polar surface area (TPSA) is 116 Å². The van der Waals surface area contributed by atoms with Crippen LogP contribution in [-0.4, -0.2) is 50.2 Å². The van der Waals surface area contributed by atoms with Crippen molar-refractivity contribution in [3.63, 3.8) is 0 Å². The van der Waals surface area contributed by atoms with Crippen molar-refractivity contribution in [3.05, 3.63) is 42.6 Å². The third kappa shape index (κ3) is 6.63. The molecule has 3 N–H and O–H groups in total. The Hall–Kier alpha value is -2.49. The van der Waals surface area contributed by atoms with Gasteiger partial charge in [0.05, 0.1) is 18.1 Å². The van der Waals surface area contributed by atoms with Crippen LogP contribution in [-0.2, 0) is 4.79 Å². The summed E-state index contributed by atoms with van der Waals surface area (Å²) in [4.78, 5) is 30.2. The van der Waals surface area contributed by atoms with E-state index in [1.807, 2.05) is 0 Å². The lowest BCUT2D eigenvalue weighted by molar-refractivity contribution is -0.124. The zero-order chi connectivity index (χ0) is 17.5. The van der Waals surface area contributed by atoms with Crippen molar-refractivity contribution >= 4 is 48.6 Å². The van der Waals surface area contributed by atoms with Crippen LogP contribution in [0.4, 0.5) is 11.8 Å². The number of aromatic nitrogens is 4. The Balaban J connectivity index is 0.00000182. The molecule has 1 saturated heterocycles. The monoisotopic (exact) mass is 413 g/mol. The van der Waals surface area contributed by atoms with E-state index in [2.05, 4.69) is 30.2 Å². The van der Waals surface area contributed by atoms with Crippen molar-refractivity contribution in [2.24, 2.45) is 0 Å². The number of piperidine rings is 1. The number of carbonyl (C=O) groups excluding carboxylic acids is 1. The number of amides is 1. The largest absolute Gasteiger partial charge is 0.364 e. The zero-order valence-electron chi connectivity index (χ0n) is 14.4. The molecule has 1 atom stereocenters. The Morgan fingerprint density at radius 3 is 2.63 bits per heavy atom. The lowest BCUT2D eigenvalue weighted by Crippen LogP contribution is -2.43. The zero-order valence-corrected chi connectivity index (χ0v) is 16.0. The van der Waals surface area contributed by atoms with Crippen molar-refractivity contribution < 1.29 is 10.0 Å². The van der Waals surface area contributed by atoms with E-state index in [-0.39, 0.29) is 30.9 Å². The van der Waals surface area contributed by atoms with Gasteiger partial charge in [0.25, 0.3) is 5.91 Å². The minimum atomic E-state index is -0.616. The summed E-state index contributed by atoms with van der Waals surface area (Å²) < 4.78 is 0. The fourth-order valence-electron chi connectivity index (χ4n) is 2.64. The summed E-state index contributed by atoms with van der Waals surface area (Å²) in [5, 5.41) is 11.8. The Morgan fingerprint density at radius 1 is 1.19 bits per heavy atom. The number of nitrogens with zero attached hydrogens (tertiary/aromatic N) is 5. The van der Waals surface area contributed by atoms with Crippen LogP contribution < -0.4 is 15.7 Å². The Bertz CT molecular complexity index is 731. The van der Waals surface area contributed by atoms with E-state index < -0.39 is 5.91 Å². The van der Waals surface area contributed by atoms with Gasteiger partial charge in [-0.25, -0.2) is 20.4 Å². The number of hydroxylamine groups is 1. The first-order valence-corrected chi connectivity index (χ1v) is 7.97. The van der Waals surface area contributed by atoms with E-state index in [9.17, 15) is 4.79 Å². The van der Waals surface area contributed by atoms with Gasteiger partial charge in [0, 0.05) is 37.6 Å². The summed E-state index contributed by atoms with van der Waals surface area (Å²) in [7, 11) is 0. The van der Waals surface area contributed by atoms with E-state index in [0.717, 1.165) is 31.9 Å². The maximum atomic E-state index is 10.9. The van der Waals surface area contributed by atoms with Crippen LogP contribution in [0.15, 0.2) is 36.9 Å². The Labute approximate surface area is 169 Å². The van der Waals surface area contributed by atoms with Crippen molar-refractivity contribution in [2.75, 3.05) is 23.3 Å². The maximum absolute atomic E-state index is 10.9. The third-order valence-electron chi connectivity index (χ3n) is 3.80. The normalized spacial score (nSPS) is 16.2. The summed E-state index contributed by atoms with van der Waals surface area (Å²) in [5.74, 6) is 0.793. The molecule has 1 amide bonds. The second-order valence-corrected chi connectivity index (χ2v) is 5.61. The first-order chi connectivity index (χ1) is 12.2. The molecule has 27 heavy (non-hydrogen) atoms. The molecular formula is C16H21Cl2N7O2. The van der Waals surface area contributed by atoms with Gasteiger partial charge < -0.3 is 10.2 Å². The van der Waals surface area contributed by atoms with Gasteiger partial charge in [-0.15, -0.1) is 24.8 Å². The van der Waals surface area contributed by atoms with Crippen LogP contribution in [0.25, 0.3) is 6.08 Å². The highest BCUT2D eigenvalue weighted by atomic mass is 35.5. The third-order valence-corrected chi connectivity index (χ3v) is 3.80. The lowest BCUT2D eigenvalue weighted by atomic mass is 10.1. The molecular weight excluding hydrogens is 393 g/mol. The standard InChI is InChI=1S/C16H19N7O2.2ClH/c24-15(22-25)5-4-12-9-20-14(10-19-12)21-13-3-1-8-23(11-13)16-17-6-2-7-18-16;;/h2,4-7,9-10,13,25H,1,3,8,11H2,(H,20,21)(H,22,24);2*1H/b5-4+;;/t13-;;/m1../s1. The lowest BCUT2D eigenvalue weighted by Gasteiger charge is -2.33. The van der Waals surface area contributed by atoms with Gasteiger partial charge in [-0.2, -0.15) is 0 Å². The van der Waals surface area contributed by atoms with Gasteiger partial charge in [-0.3, -0.25) is 15.0 Å². The van der Waals surface area contributed by atoms with Gasteiger partial charge in [0.1, 0.15) is 5.82 Å². The fraction of sp³-hybridized carbons (Fsp3) is 0.312. The number of nitrogens with one attached hydrogen (secondary N) is 2. The highest BCUT2D eigenvalue weighted by molar-refractivity contribution is 5.90. The predicted molar refractivity (Wildman–Crippen MR) is 106 cm³/mol. The molecule has 0 spiro atoms. The average molecular weight is 414 g/mol. The fourth-order valence-corrected chi connectivity index (χ4v) is 2.64. The van der Waals surface area contributed by atoms with Crippen molar-refractivity contribution in [1.82, 2.24) is 25.4 Å². The first-order valence-electron chi connectivity index (χ1n) is 7.97.